The molecule has 0 saturated heterocycles. The van der Waals surface area contributed by atoms with Gasteiger partial charge in [0, 0.05) is 30.4 Å². The van der Waals surface area contributed by atoms with Crippen LogP contribution in [0.2, 0.25) is 0 Å². The maximum Gasteiger partial charge on any atom is 0.338 e. The van der Waals surface area contributed by atoms with Crippen LogP contribution in [-0.2, 0) is 9.53 Å². The van der Waals surface area contributed by atoms with Gasteiger partial charge in [0.25, 0.3) is 5.56 Å². The van der Waals surface area contributed by atoms with Crippen LogP contribution in [0.4, 0.5) is 5.69 Å². The van der Waals surface area contributed by atoms with Crippen LogP contribution in [0.1, 0.15) is 44.9 Å². The van der Waals surface area contributed by atoms with Gasteiger partial charge in [0.1, 0.15) is 5.75 Å². The van der Waals surface area contributed by atoms with Crippen molar-refractivity contribution in [3.05, 3.63) is 78.5 Å². The lowest BCUT2D eigenvalue weighted by Gasteiger charge is -2.25. The normalized spacial score (nSPS) is 14.9. The van der Waals surface area contributed by atoms with Gasteiger partial charge in [-0.3, -0.25) is 9.36 Å². The molecule has 0 aliphatic carbocycles. The SMILES string of the molecule is CCOC(=O)C1=C(C)N=c2sc(=Cc3ccc(N(CC)CC)cc3OC)c(=O)n2[C@@H]1c1ccc(OC)c(OC)c1. The van der Waals surface area contributed by atoms with E-state index in [4.69, 9.17) is 18.9 Å². The fourth-order valence-electron chi connectivity index (χ4n) is 4.88. The minimum absolute atomic E-state index is 0.196. The molecule has 40 heavy (non-hydrogen) atoms. The van der Waals surface area contributed by atoms with Crippen molar-refractivity contribution in [1.82, 2.24) is 4.57 Å². The molecule has 1 aliphatic heterocycles. The lowest BCUT2D eigenvalue weighted by Crippen LogP contribution is -2.40. The van der Waals surface area contributed by atoms with Crippen molar-refractivity contribution >= 4 is 29.1 Å². The van der Waals surface area contributed by atoms with E-state index in [2.05, 4.69) is 23.7 Å². The molecule has 0 saturated carbocycles. The van der Waals surface area contributed by atoms with Crippen LogP contribution in [0.25, 0.3) is 6.08 Å². The highest BCUT2D eigenvalue weighted by atomic mass is 32.1. The first-order valence-corrected chi connectivity index (χ1v) is 14.0. The standard InChI is InChI=1S/C30H35N3O6S/c1-8-32(9-2)21-13-11-19(23(17-21)37-6)16-25-28(34)33-27(20-12-14-22(36-5)24(15-20)38-7)26(29(35)39-10-3)18(4)31-30(33)40-25/h11-17,27H,8-10H2,1-7H3/t27-/m1/s1. The highest BCUT2D eigenvalue weighted by Crippen LogP contribution is 2.36. The molecular weight excluding hydrogens is 530 g/mol. The second-order valence-electron chi connectivity index (χ2n) is 9.02. The summed E-state index contributed by atoms with van der Waals surface area (Å²) >= 11 is 1.26. The molecule has 0 radical (unpaired) electrons. The van der Waals surface area contributed by atoms with Crippen molar-refractivity contribution in [2.75, 3.05) is 45.9 Å². The van der Waals surface area contributed by atoms with Gasteiger partial charge in [-0.15, -0.1) is 0 Å². The maximum atomic E-state index is 14.0. The van der Waals surface area contributed by atoms with Crippen molar-refractivity contribution < 1.29 is 23.7 Å². The summed E-state index contributed by atoms with van der Waals surface area (Å²) in [6.45, 7) is 9.64. The number of allylic oxidation sites excluding steroid dienone is 1. The average molecular weight is 566 g/mol. The molecule has 3 aromatic rings. The van der Waals surface area contributed by atoms with Crippen LogP contribution < -0.4 is 34.0 Å². The number of thiazole rings is 1. The van der Waals surface area contributed by atoms with E-state index in [9.17, 15) is 9.59 Å². The Hall–Kier alpha value is -4.05. The lowest BCUT2D eigenvalue weighted by atomic mass is 9.95. The van der Waals surface area contributed by atoms with Crippen molar-refractivity contribution in [3.63, 3.8) is 0 Å². The van der Waals surface area contributed by atoms with E-state index in [0.717, 1.165) is 24.3 Å². The first kappa shape index (κ1) is 28.9. The number of carbonyl (C=O) groups excluding carboxylic acids is 1. The van der Waals surface area contributed by atoms with Crippen LogP contribution in [0, 0.1) is 0 Å². The number of nitrogens with zero attached hydrogens (tertiary/aromatic N) is 3. The quantitative estimate of drug-likeness (QED) is 0.347. The van der Waals surface area contributed by atoms with Gasteiger partial charge >= 0.3 is 5.97 Å². The van der Waals surface area contributed by atoms with Crippen molar-refractivity contribution in [1.29, 1.82) is 0 Å². The third kappa shape index (κ3) is 5.36. The minimum atomic E-state index is -0.760. The smallest absolute Gasteiger partial charge is 0.338 e. The number of carbonyl (C=O) groups is 1. The van der Waals surface area contributed by atoms with Gasteiger partial charge in [-0.25, -0.2) is 9.79 Å². The van der Waals surface area contributed by atoms with E-state index < -0.39 is 12.0 Å². The third-order valence-electron chi connectivity index (χ3n) is 6.87. The number of rotatable bonds is 10. The summed E-state index contributed by atoms with van der Waals surface area (Å²) in [5.41, 5.74) is 3.01. The maximum absolute atomic E-state index is 14.0. The number of aromatic nitrogens is 1. The summed E-state index contributed by atoms with van der Waals surface area (Å²) in [6, 6.07) is 10.5. The summed E-state index contributed by atoms with van der Waals surface area (Å²) < 4.78 is 24.0. The first-order valence-electron chi connectivity index (χ1n) is 13.2. The molecule has 1 aromatic heterocycles. The Balaban J connectivity index is 1.93. The van der Waals surface area contributed by atoms with E-state index in [-0.39, 0.29) is 12.2 Å². The Bertz CT molecular complexity index is 1620. The largest absolute Gasteiger partial charge is 0.496 e. The van der Waals surface area contributed by atoms with E-state index in [1.165, 1.54) is 11.3 Å². The summed E-state index contributed by atoms with van der Waals surface area (Å²) in [5, 5.41) is 0. The number of anilines is 1. The highest BCUT2D eigenvalue weighted by molar-refractivity contribution is 7.07. The number of hydrogen-bond donors (Lipinski definition) is 0. The molecule has 0 spiro atoms. The number of esters is 1. The van der Waals surface area contributed by atoms with Gasteiger partial charge in [-0.2, -0.15) is 0 Å². The lowest BCUT2D eigenvalue weighted by molar-refractivity contribution is -0.139. The fraction of sp³-hybridized carbons (Fsp3) is 0.367. The Morgan fingerprint density at radius 3 is 2.33 bits per heavy atom. The Kier molecular flexibility index (Phi) is 8.99. The zero-order valence-corrected chi connectivity index (χ0v) is 24.8. The van der Waals surface area contributed by atoms with Crippen molar-refractivity contribution in [2.45, 2.75) is 33.7 Å². The molecule has 4 rings (SSSR count). The molecule has 0 N–H and O–H groups in total. The number of benzene rings is 2. The Morgan fingerprint density at radius 2 is 1.70 bits per heavy atom. The van der Waals surface area contributed by atoms with Crippen LogP contribution in [0.15, 0.2) is 57.5 Å². The monoisotopic (exact) mass is 565 g/mol. The van der Waals surface area contributed by atoms with Gasteiger partial charge in [-0.1, -0.05) is 17.4 Å². The molecular formula is C30H35N3O6S. The first-order chi connectivity index (χ1) is 19.3. The number of ether oxygens (including phenoxy) is 4. The molecule has 2 aromatic carbocycles. The predicted molar refractivity (Wildman–Crippen MR) is 156 cm³/mol. The van der Waals surface area contributed by atoms with Gasteiger partial charge in [0.15, 0.2) is 16.3 Å². The summed E-state index contributed by atoms with van der Waals surface area (Å²) in [7, 11) is 4.71. The van der Waals surface area contributed by atoms with Gasteiger partial charge in [0.05, 0.1) is 49.8 Å². The van der Waals surface area contributed by atoms with Crippen LogP contribution in [0.5, 0.6) is 17.2 Å². The molecule has 212 valence electrons. The van der Waals surface area contributed by atoms with E-state index in [1.807, 2.05) is 30.3 Å². The van der Waals surface area contributed by atoms with Gasteiger partial charge in [0.2, 0.25) is 0 Å². The van der Waals surface area contributed by atoms with Crippen LogP contribution >= 0.6 is 11.3 Å². The van der Waals surface area contributed by atoms with Crippen LogP contribution in [0.3, 0.4) is 0 Å². The number of methoxy groups -OCH3 is 3. The molecule has 0 fully saturated rings. The zero-order valence-electron chi connectivity index (χ0n) is 23.9. The predicted octanol–water partition coefficient (Wildman–Crippen LogP) is 3.67. The molecule has 10 heteroatoms. The Morgan fingerprint density at radius 1 is 1.00 bits per heavy atom. The van der Waals surface area contributed by atoms with Gasteiger partial charge < -0.3 is 23.8 Å². The summed E-state index contributed by atoms with van der Waals surface area (Å²) in [5.74, 6) is 1.16. The fourth-order valence-corrected chi connectivity index (χ4v) is 5.91. The van der Waals surface area contributed by atoms with E-state index in [0.29, 0.717) is 43.4 Å². The average Bonchev–Trinajstić information content (AvgIpc) is 3.27. The molecule has 0 bridgehead atoms. The van der Waals surface area contributed by atoms with Crippen molar-refractivity contribution in [2.24, 2.45) is 4.99 Å². The van der Waals surface area contributed by atoms with E-state index >= 15 is 0 Å². The van der Waals surface area contributed by atoms with E-state index in [1.54, 1.807) is 51.9 Å². The second kappa shape index (κ2) is 12.4. The molecule has 0 unspecified atom stereocenters. The van der Waals surface area contributed by atoms with Gasteiger partial charge in [-0.05, 0) is 63.6 Å². The topological polar surface area (TPSA) is 91.6 Å². The molecule has 1 aliphatic rings. The molecule has 2 heterocycles. The number of fused-ring (bicyclic) bond motifs is 1. The molecule has 9 nitrogen and oxygen atoms in total. The second-order valence-corrected chi connectivity index (χ2v) is 10.0. The third-order valence-corrected chi connectivity index (χ3v) is 7.86. The molecule has 0 amide bonds. The highest BCUT2D eigenvalue weighted by Gasteiger charge is 2.34. The van der Waals surface area contributed by atoms with Crippen LogP contribution in [-0.4, -0.2) is 51.6 Å². The summed E-state index contributed by atoms with van der Waals surface area (Å²) in [6.07, 6.45) is 1.81. The minimum Gasteiger partial charge on any atom is -0.496 e. The molecule has 1 atom stereocenters. The zero-order chi connectivity index (χ0) is 29.0. The Labute approximate surface area is 237 Å². The summed E-state index contributed by atoms with van der Waals surface area (Å²) in [4.78, 5) is 34.5. The number of hydrogen-bond acceptors (Lipinski definition) is 9. The van der Waals surface area contributed by atoms with Crippen molar-refractivity contribution in [3.8, 4) is 17.2 Å².